The Morgan fingerprint density at radius 3 is 2.65 bits per heavy atom. The molecule has 2 aromatic carbocycles. The van der Waals surface area contributed by atoms with E-state index < -0.39 is 11.9 Å². The summed E-state index contributed by atoms with van der Waals surface area (Å²) in [5.41, 5.74) is 0.532. The van der Waals surface area contributed by atoms with Gasteiger partial charge in [0.25, 0.3) is 0 Å². The van der Waals surface area contributed by atoms with E-state index in [1.54, 1.807) is 30.3 Å². The molecule has 3 nitrogen and oxygen atoms in total. The van der Waals surface area contributed by atoms with Crippen LogP contribution in [0, 0.1) is 5.82 Å². The highest BCUT2D eigenvalue weighted by Gasteiger charge is 2.15. The van der Waals surface area contributed by atoms with Gasteiger partial charge in [0.1, 0.15) is 12.7 Å². The fourth-order valence-electron chi connectivity index (χ4n) is 1.79. The highest BCUT2D eigenvalue weighted by Crippen LogP contribution is 2.31. The quantitative estimate of drug-likeness (QED) is 0.916. The van der Waals surface area contributed by atoms with Crippen molar-refractivity contribution in [1.82, 2.24) is 0 Å². The van der Waals surface area contributed by atoms with E-state index in [9.17, 15) is 9.50 Å². The van der Waals surface area contributed by atoms with Gasteiger partial charge in [-0.15, -0.1) is 0 Å². The Labute approximate surface area is 121 Å². The van der Waals surface area contributed by atoms with Crippen LogP contribution in [0.15, 0.2) is 42.5 Å². The van der Waals surface area contributed by atoms with Crippen LogP contribution < -0.4 is 9.47 Å². The summed E-state index contributed by atoms with van der Waals surface area (Å²) in [4.78, 5) is 0. The average molecular weight is 297 g/mol. The Hall–Kier alpha value is -1.78. The number of aliphatic hydroxyl groups is 1. The minimum absolute atomic E-state index is 0.0268. The van der Waals surface area contributed by atoms with E-state index >= 15 is 0 Å². The van der Waals surface area contributed by atoms with E-state index in [-0.39, 0.29) is 18.1 Å². The summed E-state index contributed by atoms with van der Waals surface area (Å²) < 4.78 is 24.0. The van der Waals surface area contributed by atoms with Crippen LogP contribution in [0.3, 0.4) is 0 Å². The molecule has 0 saturated heterocycles. The maximum Gasteiger partial charge on any atom is 0.197 e. The lowest BCUT2D eigenvalue weighted by Crippen LogP contribution is -2.11. The molecule has 2 rings (SSSR count). The van der Waals surface area contributed by atoms with E-state index in [1.807, 2.05) is 0 Å². The van der Waals surface area contributed by atoms with Crippen molar-refractivity contribution in [2.45, 2.75) is 6.10 Å². The van der Waals surface area contributed by atoms with Crippen molar-refractivity contribution < 1.29 is 19.0 Å². The van der Waals surface area contributed by atoms with Crippen LogP contribution in [0.5, 0.6) is 11.5 Å². The highest BCUT2D eigenvalue weighted by atomic mass is 35.5. The number of halogens is 2. The van der Waals surface area contributed by atoms with Gasteiger partial charge in [-0.2, -0.15) is 0 Å². The van der Waals surface area contributed by atoms with Crippen LogP contribution in [0.1, 0.15) is 11.7 Å². The van der Waals surface area contributed by atoms with Gasteiger partial charge in [0.2, 0.25) is 0 Å². The smallest absolute Gasteiger partial charge is 0.197 e. The summed E-state index contributed by atoms with van der Waals surface area (Å²) in [7, 11) is 1.42. The number of para-hydroxylation sites is 1. The molecule has 0 spiro atoms. The van der Waals surface area contributed by atoms with Gasteiger partial charge in [-0.05, 0) is 18.2 Å². The number of benzene rings is 2. The zero-order chi connectivity index (χ0) is 14.5. The van der Waals surface area contributed by atoms with Gasteiger partial charge in [0, 0.05) is 10.6 Å². The van der Waals surface area contributed by atoms with Crippen LogP contribution in [-0.2, 0) is 0 Å². The van der Waals surface area contributed by atoms with Gasteiger partial charge >= 0.3 is 0 Å². The summed E-state index contributed by atoms with van der Waals surface area (Å²) in [6.07, 6.45) is -0.951. The number of hydrogen-bond donors (Lipinski definition) is 1. The second-order valence-electron chi connectivity index (χ2n) is 4.12. The molecule has 5 heteroatoms. The predicted molar refractivity (Wildman–Crippen MR) is 74.9 cm³/mol. The lowest BCUT2D eigenvalue weighted by molar-refractivity contribution is 0.104. The van der Waals surface area contributed by atoms with E-state index in [4.69, 9.17) is 21.1 Å². The predicted octanol–water partition coefficient (Wildman–Crippen LogP) is 3.60. The van der Waals surface area contributed by atoms with E-state index in [1.165, 1.54) is 19.2 Å². The molecule has 1 unspecified atom stereocenters. The van der Waals surface area contributed by atoms with Gasteiger partial charge in [-0.3, -0.25) is 0 Å². The topological polar surface area (TPSA) is 38.7 Å². The summed E-state index contributed by atoms with van der Waals surface area (Å²) in [6.45, 7) is -0.124. The Morgan fingerprint density at radius 1 is 1.20 bits per heavy atom. The molecule has 0 heterocycles. The van der Waals surface area contributed by atoms with Crippen LogP contribution in [0.2, 0.25) is 5.02 Å². The largest absolute Gasteiger partial charge is 0.493 e. The molecule has 0 bridgehead atoms. The van der Waals surface area contributed by atoms with Crippen molar-refractivity contribution in [3.63, 3.8) is 0 Å². The zero-order valence-corrected chi connectivity index (χ0v) is 11.6. The van der Waals surface area contributed by atoms with Gasteiger partial charge in [0.15, 0.2) is 17.3 Å². The van der Waals surface area contributed by atoms with Crippen molar-refractivity contribution in [2.24, 2.45) is 0 Å². The molecule has 0 amide bonds. The molecule has 106 valence electrons. The number of rotatable bonds is 5. The third kappa shape index (κ3) is 3.21. The van der Waals surface area contributed by atoms with Gasteiger partial charge in [0.05, 0.1) is 7.11 Å². The standard InChI is InChI=1S/C15H14ClFO3/c1-19-14-8-4-7-12(17)15(14)20-9-13(18)10-5-2-3-6-11(10)16/h2-8,13,18H,9H2,1H3. The van der Waals surface area contributed by atoms with E-state index in [2.05, 4.69) is 0 Å². The van der Waals surface area contributed by atoms with Crippen molar-refractivity contribution in [1.29, 1.82) is 0 Å². The molecule has 1 atom stereocenters. The van der Waals surface area contributed by atoms with Gasteiger partial charge in [-0.25, -0.2) is 4.39 Å². The highest BCUT2D eigenvalue weighted by molar-refractivity contribution is 6.31. The Kier molecular flexibility index (Phi) is 4.82. The Balaban J connectivity index is 2.11. The molecule has 0 fully saturated rings. The second kappa shape index (κ2) is 6.59. The molecule has 1 N–H and O–H groups in total. The van der Waals surface area contributed by atoms with E-state index in [0.29, 0.717) is 10.6 Å². The second-order valence-corrected chi connectivity index (χ2v) is 4.53. The first-order valence-electron chi connectivity index (χ1n) is 6.01. The number of ether oxygens (including phenoxy) is 2. The first-order valence-corrected chi connectivity index (χ1v) is 6.39. The fourth-order valence-corrected chi connectivity index (χ4v) is 2.05. The summed E-state index contributed by atoms with van der Waals surface area (Å²) in [6, 6.07) is 11.2. The molecule has 0 radical (unpaired) electrons. The third-order valence-corrected chi connectivity index (χ3v) is 3.14. The lowest BCUT2D eigenvalue weighted by Gasteiger charge is -2.16. The maximum atomic E-state index is 13.7. The van der Waals surface area contributed by atoms with Crippen molar-refractivity contribution in [3.05, 3.63) is 58.9 Å². The molecule has 0 aliphatic rings. The van der Waals surface area contributed by atoms with Crippen molar-refractivity contribution in [2.75, 3.05) is 13.7 Å². The van der Waals surface area contributed by atoms with Crippen LogP contribution in [0.25, 0.3) is 0 Å². The molecular formula is C15H14ClFO3. The Bertz CT molecular complexity index is 589. The van der Waals surface area contributed by atoms with E-state index in [0.717, 1.165) is 0 Å². The van der Waals surface area contributed by atoms with Crippen molar-refractivity contribution >= 4 is 11.6 Å². The number of methoxy groups -OCH3 is 1. The first kappa shape index (κ1) is 14.6. The van der Waals surface area contributed by atoms with Crippen LogP contribution in [-0.4, -0.2) is 18.8 Å². The average Bonchev–Trinajstić information content (AvgIpc) is 2.46. The normalized spacial score (nSPS) is 12.0. The van der Waals surface area contributed by atoms with Crippen molar-refractivity contribution in [3.8, 4) is 11.5 Å². The van der Waals surface area contributed by atoms with Gasteiger partial charge < -0.3 is 14.6 Å². The minimum atomic E-state index is -0.951. The lowest BCUT2D eigenvalue weighted by atomic mass is 10.1. The number of hydrogen-bond acceptors (Lipinski definition) is 3. The summed E-state index contributed by atoms with van der Waals surface area (Å²) in [5, 5.41) is 10.5. The molecule has 2 aromatic rings. The molecule has 0 aliphatic carbocycles. The van der Waals surface area contributed by atoms with Gasteiger partial charge in [-0.1, -0.05) is 35.9 Å². The fraction of sp³-hybridized carbons (Fsp3) is 0.200. The van der Waals surface area contributed by atoms with Crippen LogP contribution >= 0.6 is 11.6 Å². The Morgan fingerprint density at radius 2 is 1.95 bits per heavy atom. The third-order valence-electron chi connectivity index (χ3n) is 2.80. The molecule has 20 heavy (non-hydrogen) atoms. The molecular weight excluding hydrogens is 283 g/mol. The SMILES string of the molecule is COc1cccc(F)c1OCC(O)c1ccccc1Cl. The first-order chi connectivity index (χ1) is 9.63. The minimum Gasteiger partial charge on any atom is -0.493 e. The number of aliphatic hydroxyl groups excluding tert-OH is 1. The molecule has 0 saturated carbocycles. The maximum absolute atomic E-state index is 13.7. The molecule has 0 aliphatic heterocycles. The monoisotopic (exact) mass is 296 g/mol. The van der Waals surface area contributed by atoms with Crippen LogP contribution in [0.4, 0.5) is 4.39 Å². The summed E-state index contributed by atoms with van der Waals surface area (Å²) >= 11 is 5.98. The molecule has 0 aromatic heterocycles. The zero-order valence-electron chi connectivity index (χ0n) is 10.8. The summed E-state index contributed by atoms with van der Waals surface area (Å²) in [5.74, 6) is -0.298.